The fourth-order valence-corrected chi connectivity index (χ4v) is 1.36. The second kappa shape index (κ2) is 4.29. The summed E-state index contributed by atoms with van der Waals surface area (Å²) in [7, 11) is -3.57. The van der Waals surface area contributed by atoms with Crippen LogP contribution in [0, 0.1) is 11.2 Å². The van der Waals surface area contributed by atoms with E-state index in [9.17, 15) is 17.2 Å². The van der Waals surface area contributed by atoms with E-state index in [0.29, 0.717) is 6.42 Å². The molecule has 0 aromatic heterocycles. The van der Waals surface area contributed by atoms with Crippen molar-refractivity contribution in [2.45, 2.75) is 19.8 Å². The number of halogens is 2. The van der Waals surface area contributed by atoms with Gasteiger partial charge < -0.3 is 0 Å². The molecular formula is C6H8F2O2S. The third-order valence-electron chi connectivity index (χ3n) is 0.796. The van der Waals surface area contributed by atoms with Gasteiger partial charge in [0.15, 0.2) is 0 Å². The van der Waals surface area contributed by atoms with Gasteiger partial charge in [-0.1, -0.05) is 6.92 Å². The van der Waals surface area contributed by atoms with Crippen molar-refractivity contribution in [2.75, 3.05) is 5.75 Å². The number of sulfone groups is 1. The number of rotatable bonds is 2. The highest BCUT2D eigenvalue weighted by molar-refractivity contribution is 7.96. The molecule has 0 heterocycles. The van der Waals surface area contributed by atoms with E-state index in [1.165, 1.54) is 11.2 Å². The molecule has 64 valence electrons. The molecule has 0 radical (unpaired) electrons. The first kappa shape index (κ1) is 10.4. The average Bonchev–Trinajstić information content (AvgIpc) is 1.84. The van der Waals surface area contributed by atoms with E-state index >= 15 is 0 Å². The zero-order valence-electron chi connectivity index (χ0n) is 5.97. The second-order valence-electron chi connectivity index (χ2n) is 1.87. The summed E-state index contributed by atoms with van der Waals surface area (Å²) in [4.78, 5) is 0. The third kappa shape index (κ3) is 5.80. The molecule has 5 heteroatoms. The molecule has 0 aliphatic carbocycles. The van der Waals surface area contributed by atoms with E-state index < -0.39 is 16.3 Å². The predicted octanol–water partition coefficient (Wildman–Crippen LogP) is 1.04. The minimum Gasteiger partial charge on any atom is -0.215 e. The van der Waals surface area contributed by atoms with Crippen molar-refractivity contribution in [2.24, 2.45) is 0 Å². The largest absolute Gasteiger partial charge is 0.299 e. The van der Waals surface area contributed by atoms with Gasteiger partial charge in [0.1, 0.15) is 0 Å². The Kier molecular flexibility index (Phi) is 4.04. The van der Waals surface area contributed by atoms with E-state index in [2.05, 4.69) is 0 Å². The van der Waals surface area contributed by atoms with Crippen molar-refractivity contribution in [1.82, 2.24) is 0 Å². The summed E-state index contributed by atoms with van der Waals surface area (Å²) < 4.78 is 44.0. The van der Waals surface area contributed by atoms with Gasteiger partial charge in [0.05, 0.1) is 5.75 Å². The average molecular weight is 182 g/mol. The minimum atomic E-state index is -3.57. The summed E-state index contributed by atoms with van der Waals surface area (Å²) in [6, 6.07) is 0. The van der Waals surface area contributed by atoms with E-state index in [0.717, 1.165) is 0 Å². The molecule has 0 rings (SSSR count). The van der Waals surface area contributed by atoms with Crippen LogP contribution in [0.5, 0.6) is 0 Å². The quantitative estimate of drug-likeness (QED) is 0.472. The van der Waals surface area contributed by atoms with Gasteiger partial charge >= 0.3 is 0 Å². The molecule has 0 aliphatic rings. The lowest BCUT2D eigenvalue weighted by atomic mass is 10.6. The van der Waals surface area contributed by atoms with E-state index in [1.807, 2.05) is 0 Å². The monoisotopic (exact) mass is 182 g/mol. The summed E-state index contributed by atoms with van der Waals surface area (Å²) in [6.07, 6.45) is -2.48. The molecular weight excluding hydrogens is 174 g/mol. The molecule has 0 spiro atoms. The maximum Gasteiger partial charge on any atom is 0.299 e. The Morgan fingerprint density at radius 3 is 2.36 bits per heavy atom. The molecule has 0 N–H and O–H groups in total. The second-order valence-corrected chi connectivity index (χ2v) is 3.71. The number of alkyl halides is 2. The van der Waals surface area contributed by atoms with Crippen molar-refractivity contribution in [3.63, 3.8) is 0 Å². The van der Waals surface area contributed by atoms with E-state index in [1.54, 1.807) is 6.92 Å². The molecule has 0 aliphatic heterocycles. The van der Waals surface area contributed by atoms with Crippen LogP contribution < -0.4 is 0 Å². The van der Waals surface area contributed by atoms with Crippen molar-refractivity contribution in [3.05, 3.63) is 0 Å². The lowest BCUT2D eigenvalue weighted by Gasteiger charge is -1.88. The standard InChI is InChI=1S/C6H8F2O2S/c1-2-4-11(9,10)5-3-6(7)8/h6H,2,4H2,1H3. The summed E-state index contributed by atoms with van der Waals surface area (Å²) in [5, 5.41) is 1.53. The number of hydrogen-bond acceptors (Lipinski definition) is 2. The van der Waals surface area contributed by atoms with E-state index in [-0.39, 0.29) is 5.75 Å². The molecule has 0 saturated carbocycles. The van der Waals surface area contributed by atoms with Crippen LogP contribution in [-0.4, -0.2) is 20.6 Å². The fourth-order valence-electron chi connectivity index (χ4n) is 0.454. The highest BCUT2D eigenvalue weighted by atomic mass is 32.2. The van der Waals surface area contributed by atoms with Crippen LogP contribution in [-0.2, 0) is 9.84 Å². The Hall–Kier alpha value is -0.630. The van der Waals surface area contributed by atoms with Crippen molar-refractivity contribution in [1.29, 1.82) is 0 Å². The molecule has 0 aromatic carbocycles. The smallest absolute Gasteiger partial charge is 0.215 e. The summed E-state index contributed by atoms with van der Waals surface area (Å²) in [5.41, 5.74) is 0. The maximum absolute atomic E-state index is 11.4. The Morgan fingerprint density at radius 2 is 2.00 bits per heavy atom. The molecule has 0 bridgehead atoms. The predicted molar refractivity (Wildman–Crippen MR) is 37.9 cm³/mol. The topological polar surface area (TPSA) is 34.1 Å². The molecule has 11 heavy (non-hydrogen) atoms. The molecule has 0 amide bonds. The van der Waals surface area contributed by atoms with Crippen molar-refractivity contribution in [3.8, 4) is 11.2 Å². The van der Waals surface area contributed by atoms with Gasteiger partial charge in [-0.3, -0.25) is 0 Å². The normalized spacial score (nSPS) is 10.9. The molecule has 0 atom stereocenters. The zero-order chi connectivity index (χ0) is 8.91. The summed E-state index contributed by atoms with van der Waals surface area (Å²) >= 11 is 0. The van der Waals surface area contributed by atoms with Crippen LogP contribution in [0.15, 0.2) is 0 Å². The SMILES string of the molecule is CCCS(=O)(=O)C#CC(F)F. The van der Waals surface area contributed by atoms with Crippen molar-refractivity contribution >= 4 is 9.84 Å². The lowest BCUT2D eigenvalue weighted by Crippen LogP contribution is -2.01. The van der Waals surface area contributed by atoms with Gasteiger partial charge in [0.25, 0.3) is 6.43 Å². The first-order valence-corrected chi connectivity index (χ1v) is 4.66. The van der Waals surface area contributed by atoms with Crippen molar-refractivity contribution < 1.29 is 17.2 Å². The molecule has 0 saturated heterocycles. The first-order chi connectivity index (χ1) is 4.98. The number of hydrogen-bond donors (Lipinski definition) is 0. The van der Waals surface area contributed by atoms with Gasteiger partial charge in [0, 0.05) is 5.25 Å². The zero-order valence-corrected chi connectivity index (χ0v) is 6.79. The highest BCUT2D eigenvalue weighted by Gasteiger charge is 2.04. The van der Waals surface area contributed by atoms with Crippen LogP contribution in [0.3, 0.4) is 0 Å². The summed E-state index contributed by atoms with van der Waals surface area (Å²) in [6.45, 7) is 1.64. The van der Waals surface area contributed by atoms with Gasteiger partial charge in [-0.05, 0) is 12.3 Å². The minimum absolute atomic E-state index is 0.160. The van der Waals surface area contributed by atoms with Gasteiger partial charge in [-0.2, -0.15) is 8.78 Å². The van der Waals surface area contributed by atoms with E-state index in [4.69, 9.17) is 0 Å². The Labute approximate surface area is 64.5 Å². The fraction of sp³-hybridized carbons (Fsp3) is 0.667. The van der Waals surface area contributed by atoms with Crippen LogP contribution in [0.2, 0.25) is 0 Å². The molecule has 0 fully saturated rings. The lowest BCUT2D eigenvalue weighted by molar-refractivity contribution is 0.215. The van der Waals surface area contributed by atoms with Crippen LogP contribution in [0.25, 0.3) is 0 Å². The third-order valence-corrected chi connectivity index (χ3v) is 2.17. The maximum atomic E-state index is 11.4. The van der Waals surface area contributed by atoms with Gasteiger partial charge in [-0.25, -0.2) is 8.42 Å². The van der Waals surface area contributed by atoms with Gasteiger partial charge in [-0.15, -0.1) is 0 Å². The van der Waals surface area contributed by atoms with Crippen LogP contribution >= 0.6 is 0 Å². The Bertz CT molecular complexity index is 258. The van der Waals surface area contributed by atoms with Crippen LogP contribution in [0.4, 0.5) is 8.78 Å². The summed E-state index contributed by atoms with van der Waals surface area (Å²) in [5.74, 6) is 1.14. The van der Waals surface area contributed by atoms with Gasteiger partial charge in [0.2, 0.25) is 9.84 Å². The Balaban J connectivity index is 4.28. The highest BCUT2D eigenvalue weighted by Crippen LogP contribution is 1.93. The van der Waals surface area contributed by atoms with Crippen LogP contribution in [0.1, 0.15) is 13.3 Å². The molecule has 0 unspecified atom stereocenters. The molecule has 0 aromatic rings. The Morgan fingerprint density at radius 1 is 1.45 bits per heavy atom. The molecule has 2 nitrogen and oxygen atoms in total. The first-order valence-electron chi connectivity index (χ1n) is 3.01.